The van der Waals surface area contributed by atoms with Crippen molar-refractivity contribution >= 4 is 33.4 Å². The monoisotopic (exact) mass is 1070 g/mol. The number of nitrogens with two attached hydrogens (primary N) is 1. The van der Waals surface area contributed by atoms with Crippen molar-refractivity contribution in [3.05, 3.63) is 95.7 Å². The summed E-state index contributed by atoms with van der Waals surface area (Å²) < 4.78 is 62.5. The molecule has 2 fully saturated rings. The fourth-order valence-corrected chi connectivity index (χ4v) is 9.63. The molecule has 0 bridgehead atoms. The minimum absolute atomic E-state index is 0.00687. The predicted octanol–water partition coefficient (Wildman–Crippen LogP) is 9.88. The molecule has 412 valence electrons. The standard InChI is InChI=1S/C52H83N3O16P2/c1-3-5-7-8-9-10-11-12-13-14-15-16-17-22-25-28-32-36-48(57)68-42(39-65-47(56)35-31-27-24-21-19-18-20-23-26-30-34-44-43(69-44)33-29-6-4-2)40-66-72(61,62)71-73(63,64)67-41-45-49(58)50(59)51(70-45)55-38-37-46(53)54-52(55)60/h9-10,12-13,15-16,18,20-21,24,26,30,37-38,42-45,49-51,58-59H,3-8,11,14,17,19,22-23,25,27-29,31-36,39-41H2,1-2H3,(H,61,62)(H,63,64)(H2,53,54,60)/b10-9-,13-12-,16-15-,20-18-,24-21-,30-26-/t42-,43?,44?,45-,49-,50-,51-/m1/s1. The van der Waals surface area contributed by atoms with Gasteiger partial charge in [0.2, 0.25) is 0 Å². The minimum Gasteiger partial charge on any atom is -0.462 e. The average molecular weight is 1070 g/mol. The molecular formula is C52H83N3O16P2. The molecule has 4 unspecified atom stereocenters. The number of nitrogen functional groups attached to an aromatic ring is 1. The summed E-state index contributed by atoms with van der Waals surface area (Å²) in [5, 5.41) is 20.9. The maximum Gasteiger partial charge on any atom is 0.481 e. The van der Waals surface area contributed by atoms with Crippen LogP contribution in [0.3, 0.4) is 0 Å². The lowest BCUT2D eigenvalue weighted by atomic mass is 10.1. The summed E-state index contributed by atoms with van der Waals surface area (Å²) in [6, 6.07) is 1.24. The van der Waals surface area contributed by atoms with Gasteiger partial charge in [-0.3, -0.25) is 23.2 Å². The fourth-order valence-electron chi connectivity index (χ4n) is 7.52. The van der Waals surface area contributed by atoms with Gasteiger partial charge in [-0.2, -0.15) is 9.29 Å². The molecule has 9 atom stereocenters. The first-order chi connectivity index (χ1) is 35.1. The maximum absolute atomic E-state index is 12.9. The third kappa shape index (κ3) is 29.2. The van der Waals surface area contributed by atoms with Crippen molar-refractivity contribution in [2.45, 2.75) is 198 Å². The Bertz CT molecular complexity index is 2080. The highest BCUT2D eigenvalue weighted by atomic mass is 31.3. The summed E-state index contributed by atoms with van der Waals surface area (Å²) in [7, 11) is -10.9. The molecule has 0 spiro atoms. The van der Waals surface area contributed by atoms with Crippen LogP contribution in [0.15, 0.2) is 90.0 Å². The Morgan fingerprint density at radius 3 is 1.89 bits per heavy atom. The number of hydrogen-bond donors (Lipinski definition) is 5. The van der Waals surface area contributed by atoms with E-state index < -0.39 is 83.7 Å². The number of unbranched alkanes of at least 4 members (excludes halogenated alkanes) is 10. The van der Waals surface area contributed by atoms with Crippen LogP contribution in [0.2, 0.25) is 0 Å². The van der Waals surface area contributed by atoms with Crippen LogP contribution in [0.4, 0.5) is 5.82 Å². The Kier molecular flexibility index (Phi) is 32.2. The van der Waals surface area contributed by atoms with Crippen LogP contribution in [0.25, 0.3) is 0 Å². The second-order valence-corrected chi connectivity index (χ2v) is 21.1. The molecule has 2 aliphatic rings. The Balaban J connectivity index is 1.41. The number of phosphoric acid groups is 2. The molecule has 0 saturated carbocycles. The summed E-state index contributed by atoms with van der Waals surface area (Å²) >= 11 is 0. The second-order valence-electron chi connectivity index (χ2n) is 18.1. The molecule has 19 nitrogen and oxygen atoms in total. The number of phosphoric ester groups is 2. The number of aliphatic hydroxyl groups is 2. The lowest BCUT2D eigenvalue weighted by Crippen LogP contribution is -2.36. The first-order valence-electron chi connectivity index (χ1n) is 26.1. The Morgan fingerprint density at radius 1 is 0.685 bits per heavy atom. The molecule has 1 aromatic heterocycles. The van der Waals surface area contributed by atoms with E-state index in [1.807, 2.05) is 12.2 Å². The van der Waals surface area contributed by atoms with E-state index in [0.717, 1.165) is 81.4 Å². The highest BCUT2D eigenvalue weighted by Crippen LogP contribution is 2.60. The number of carbonyl (C=O) groups is 2. The lowest BCUT2D eigenvalue weighted by Gasteiger charge is -2.21. The van der Waals surface area contributed by atoms with Gasteiger partial charge in [0.15, 0.2) is 12.3 Å². The van der Waals surface area contributed by atoms with Crippen LogP contribution in [0.1, 0.15) is 161 Å². The molecule has 0 aromatic carbocycles. The van der Waals surface area contributed by atoms with Gasteiger partial charge in [0.1, 0.15) is 30.7 Å². The second kappa shape index (κ2) is 37.0. The van der Waals surface area contributed by atoms with Gasteiger partial charge in [0.05, 0.1) is 25.4 Å². The number of aromatic nitrogens is 2. The molecule has 3 rings (SSSR count). The smallest absolute Gasteiger partial charge is 0.462 e. The van der Waals surface area contributed by atoms with Crippen molar-refractivity contribution in [2.75, 3.05) is 25.6 Å². The van der Waals surface area contributed by atoms with Crippen molar-refractivity contribution in [1.29, 1.82) is 0 Å². The summed E-state index contributed by atoms with van der Waals surface area (Å²) in [6.45, 7) is 2.01. The van der Waals surface area contributed by atoms with Crippen LogP contribution in [0, 0.1) is 0 Å². The highest BCUT2D eigenvalue weighted by molar-refractivity contribution is 7.61. The zero-order valence-electron chi connectivity index (χ0n) is 42.9. The number of epoxide rings is 1. The summed E-state index contributed by atoms with van der Waals surface area (Å²) in [6.07, 6.45) is 38.7. The number of anilines is 1. The SMILES string of the molecule is CCCCC/C=C\C/C=C\C/C=C\CCCCCCC(=O)O[C@H](COC(=O)CCC/C=C\C/C=C\C/C=C\CC1OC1CCCCC)COP(=O)(O)OP(=O)(O)OC[C@H]1O[C@@H](n2ccc(N)nc2=O)[C@H](O)[C@@H]1O. The molecule has 6 N–H and O–H groups in total. The lowest BCUT2D eigenvalue weighted by molar-refractivity contribution is -0.161. The van der Waals surface area contributed by atoms with Crippen molar-refractivity contribution in [1.82, 2.24) is 9.55 Å². The van der Waals surface area contributed by atoms with Gasteiger partial charge in [0, 0.05) is 19.0 Å². The van der Waals surface area contributed by atoms with Crippen molar-refractivity contribution < 1.29 is 71.0 Å². The van der Waals surface area contributed by atoms with Crippen LogP contribution in [0.5, 0.6) is 0 Å². The quantitative estimate of drug-likeness (QED) is 0.0134. The molecule has 21 heteroatoms. The van der Waals surface area contributed by atoms with Gasteiger partial charge in [-0.25, -0.2) is 13.9 Å². The van der Waals surface area contributed by atoms with Gasteiger partial charge in [-0.05, 0) is 89.5 Å². The zero-order chi connectivity index (χ0) is 53.2. The van der Waals surface area contributed by atoms with E-state index in [1.54, 1.807) is 0 Å². The van der Waals surface area contributed by atoms with E-state index in [2.05, 4.69) is 83.9 Å². The molecular weight excluding hydrogens is 985 g/mol. The molecule has 0 amide bonds. The highest BCUT2D eigenvalue weighted by Gasteiger charge is 2.46. The summed E-state index contributed by atoms with van der Waals surface area (Å²) in [5.41, 5.74) is 4.58. The minimum atomic E-state index is -5.45. The first kappa shape index (κ1) is 63.5. The van der Waals surface area contributed by atoms with Crippen LogP contribution >= 0.6 is 15.6 Å². The molecule has 73 heavy (non-hydrogen) atoms. The molecule has 3 heterocycles. The van der Waals surface area contributed by atoms with Gasteiger partial charge < -0.3 is 44.7 Å². The van der Waals surface area contributed by atoms with Crippen molar-refractivity contribution in [2.24, 2.45) is 0 Å². The Morgan fingerprint density at radius 2 is 1.25 bits per heavy atom. The molecule has 2 aliphatic heterocycles. The Hall–Kier alpha value is -3.84. The molecule has 2 saturated heterocycles. The zero-order valence-corrected chi connectivity index (χ0v) is 44.6. The van der Waals surface area contributed by atoms with Crippen molar-refractivity contribution in [3.8, 4) is 0 Å². The Labute approximate surface area is 431 Å². The number of esters is 2. The summed E-state index contributed by atoms with van der Waals surface area (Å²) in [4.78, 5) is 62.0. The van der Waals surface area contributed by atoms with Gasteiger partial charge in [-0.15, -0.1) is 0 Å². The van der Waals surface area contributed by atoms with E-state index in [-0.39, 0.29) is 18.7 Å². The average Bonchev–Trinajstić information content (AvgIpc) is 4.04. The fraction of sp³-hybridized carbons (Fsp3) is 0.654. The van der Waals surface area contributed by atoms with Crippen LogP contribution in [-0.2, 0) is 51.0 Å². The largest absolute Gasteiger partial charge is 0.481 e. The number of rotatable bonds is 41. The van der Waals surface area contributed by atoms with Gasteiger partial charge in [0.25, 0.3) is 0 Å². The number of carbonyl (C=O) groups excluding carboxylic acids is 2. The molecule has 0 aliphatic carbocycles. The van der Waals surface area contributed by atoms with Crippen LogP contribution < -0.4 is 11.4 Å². The van der Waals surface area contributed by atoms with Crippen LogP contribution in [-0.4, -0.2) is 97.9 Å². The third-order valence-corrected chi connectivity index (χ3v) is 14.3. The van der Waals surface area contributed by atoms with Crippen molar-refractivity contribution in [3.63, 3.8) is 0 Å². The molecule has 1 aromatic rings. The van der Waals surface area contributed by atoms with E-state index >= 15 is 0 Å². The first-order valence-corrected chi connectivity index (χ1v) is 29.1. The van der Waals surface area contributed by atoms with Gasteiger partial charge in [-0.1, -0.05) is 132 Å². The number of hydrogen-bond acceptors (Lipinski definition) is 16. The van der Waals surface area contributed by atoms with E-state index in [0.29, 0.717) is 31.5 Å². The summed E-state index contributed by atoms with van der Waals surface area (Å²) in [5.74, 6) is -1.40. The maximum atomic E-state index is 12.9. The van der Waals surface area contributed by atoms with E-state index in [1.165, 1.54) is 44.6 Å². The van der Waals surface area contributed by atoms with E-state index in [9.17, 15) is 43.5 Å². The van der Waals surface area contributed by atoms with E-state index in [4.69, 9.17) is 33.7 Å². The number of nitrogens with zero attached hydrogens (tertiary/aromatic N) is 2. The van der Waals surface area contributed by atoms with Gasteiger partial charge >= 0.3 is 33.3 Å². The number of allylic oxidation sites excluding steroid dienone is 11. The number of aliphatic hydroxyl groups excluding tert-OH is 2. The number of ether oxygens (including phenoxy) is 4. The third-order valence-electron chi connectivity index (χ3n) is 11.7. The normalized spacial score (nSPS) is 22.3. The topological polar surface area (TPSA) is 278 Å². The molecule has 0 radical (unpaired) electrons. The predicted molar refractivity (Wildman–Crippen MR) is 279 cm³/mol.